The summed E-state index contributed by atoms with van der Waals surface area (Å²) in [7, 11) is 0.210. The maximum atomic E-state index is 14.7. The lowest BCUT2D eigenvalue weighted by Crippen LogP contribution is -2.44. The fraction of sp³-hybridized carbons (Fsp3) is 0.344. The second-order valence-corrected chi connectivity index (χ2v) is 15.3. The zero-order chi connectivity index (χ0) is 31.8. The molecule has 5 rings (SSSR count). The third kappa shape index (κ3) is 7.05. The zero-order valence-electron chi connectivity index (χ0n) is 24.4. The number of halogens is 4. The largest absolute Gasteiger partial charge is 0.496 e. The summed E-state index contributed by atoms with van der Waals surface area (Å²) in [6.07, 6.45) is 4.11. The van der Waals surface area contributed by atoms with Gasteiger partial charge in [0.15, 0.2) is 9.84 Å². The van der Waals surface area contributed by atoms with E-state index in [1.54, 1.807) is 28.6 Å². The number of thiophene rings is 1. The van der Waals surface area contributed by atoms with Crippen molar-refractivity contribution in [2.45, 2.75) is 50.1 Å². The van der Waals surface area contributed by atoms with Gasteiger partial charge in [-0.05, 0) is 78.4 Å². The minimum atomic E-state index is -3.16. The molecule has 0 bridgehead atoms. The van der Waals surface area contributed by atoms with Crippen molar-refractivity contribution >= 4 is 60.5 Å². The van der Waals surface area contributed by atoms with Gasteiger partial charge in [-0.1, -0.05) is 41.9 Å². The Kier molecular flexibility index (Phi) is 9.87. The van der Waals surface area contributed by atoms with Gasteiger partial charge in [-0.3, -0.25) is 4.79 Å². The highest BCUT2D eigenvalue weighted by Gasteiger charge is 2.34. The van der Waals surface area contributed by atoms with Gasteiger partial charge in [0.2, 0.25) is 0 Å². The maximum absolute atomic E-state index is 14.7. The van der Waals surface area contributed by atoms with Gasteiger partial charge in [0.1, 0.15) is 22.3 Å². The highest BCUT2D eigenvalue weighted by molar-refractivity contribution is 7.89. The molecule has 6 nitrogen and oxygen atoms in total. The van der Waals surface area contributed by atoms with Gasteiger partial charge in [-0.15, -0.1) is 11.3 Å². The molecule has 0 unspecified atom stereocenters. The highest BCUT2D eigenvalue weighted by atomic mass is 35.5. The van der Waals surface area contributed by atoms with Gasteiger partial charge in [0.25, 0.3) is 5.91 Å². The minimum absolute atomic E-state index is 0.00432. The third-order valence-corrected chi connectivity index (χ3v) is 10.9. The number of methoxy groups -OCH3 is 1. The molecule has 0 N–H and O–H groups in total. The number of fused-ring (bicyclic) bond motifs is 1. The lowest BCUT2D eigenvalue weighted by atomic mass is 9.89. The molecule has 1 aromatic heterocycles. The number of nitrogens with zero attached hydrogens (tertiary/aromatic N) is 2. The molecule has 0 atom stereocenters. The van der Waals surface area contributed by atoms with Crippen LogP contribution in [0.15, 0.2) is 54.6 Å². The van der Waals surface area contributed by atoms with Crippen LogP contribution < -0.4 is 4.74 Å². The molecule has 1 aliphatic rings. The summed E-state index contributed by atoms with van der Waals surface area (Å²) in [4.78, 5) is 16.1. The Morgan fingerprint density at radius 3 is 2.18 bits per heavy atom. The van der Waals surface area contributed by atoms with Crippen LogP contribution in [0.1, 0.15) is 46.5 Å². The predicted octanol–water partition coefficient (Wildman–Crippen LogP) is 8.09. The Balaban J connectivity index is 1.52. The molecule has 1 amide bonds. The quantitative estimate of drug-likeness (QED) is 0.167. The van der Waals surface area contributed by atoms with Crippen LogP contribution >= 0.6 is 34.7 Å². The molecule has 0 spiro atoms. The average Bonchev–Trinajstić information content (AvgIpc) is 3.35. The van der Waals surface area contributed by atoms with Crippen LogP contribution in [0.2, 0.25) is 5.02 Å². The molecule has 1 aliphatic carbocycles. The lowest BCUT2D eigenvalue weighted by Gasteiger charge is -2.38. The van der Waals surface area contributed by atoms with Crippen molar-refractivity contribution in [3.8, 4) is 16.9 Å². The maximum Gasteiger partial charge on any atom is 0.266 e. The molecule has 0 saturated heterocycles. The van der Waals surface area contributed by atoms with E-state index in [-0.39, 0.29) is 44.4 Å². The fourth-order valence-corrected chi connectivity index (χ4v) is 8.32. The molecule has 4 aromatic rings. The molecular formula is C32H32Cl2F2N2O4S2. The Morgan fingerprint density at radius 2 is 1.59 bits per heavy atom. The number of amides is 1. The average molecular weight is 682 g/mol. The van der Waals surface area contributed by atoms with E-state index in [0.717, 1.165) is 53.0 Å². The number of carbonyl (C=O) groups is 1. The lowest BCUT2D eigenvalue weighted by molar-refractivity contribution is 0.0589. The Hall–Kier alpha value is -2.76. The van der Waals surface area contributed by atoms with E-state index in [2.05, 4.69) is 0 Å². The molecule has 0 radical (unpaired) electrons. The number of carbonyl (C=O) groups excluding carboxylic acids is 1. The van der Waals surface area contributed by atoms with Crippen molar-refractivity contribution in [1.82, 2.24) is 9.32 Å². The summed E-state index contributed by atoms with van der Waals surface area (Å²) < 4.78 is 60.1. The van der Waals surface area contributed by atoms with Crippen molar-refractivity contribution in [2.75, 3.05) is 20.4 Å². The van der Waals surface area contributed by atoms with Gasteiger partial charge in [0, 0.05) is 37.5 Å². The molecule has 12 heteroatoms. The van der Waals surface area contributed by atoms with Crippen LogP contribution in [0.25, 0.3) is 21.2 Å². The van der Waals surface area contributed by atoms with Crippen molar-refractivity contribution < 1.29 is 26.7 Å². The molecule has 1 heterocycles. The van der Waals surface area contributed by atoms with Crippen LogP contribution in [0.4, 0.5) is 8.78 Å². The fourth-order valence-electron chi connectivity index (χ4n) is 5.82. The summed E-state index contributed by atoms with van der Waals surface area (Å²) >= 11 is 13.7. The van der Waals surface area contributed by atoms with Gasteiger partial charge in [-0.25, -0.2) is 21.6 Å². The van der Waals surface area contributed by atoms with Crippen LogP contribution in [-0.2, 0) is 22.1 Å². The Bertz CT molecular complexity index is 1790. The number of rotatable bonds is 9. The predicted molar refractivity (Wildman–Crippen MR) is 173 cm³/mol. The summed E-state index contributed by atoms with van der Waals surface area (Å²) in [6, 6.07) is 15.0. The van der Waals surface area contributed by atoms with Gasteiger partial charge in [0.05, 0.1) is 28.0 Å². The summed E-state index contributed by atoms with van der Waals surface area (Å²) in [5.41, 5.74) is 3.15. The molecule has 1 saturated carbocycles. The van der Waals surface area contributed by atoms with E-state index in [1.165, 1.54) is 6.26 Å². The summed E-state index contributed by atoms with van der Waals surface area (Å²) in [5, 5.41) is -0.188. The zero-order valence-corrected chi connectivity index (χ0v) is 27.6. The number of ether oxygens (including phenoxy) is 1. The molecule has 1 fully saturated rings. The normalized spacial score (nSPS) is 17.3. The summed E-state index contributed by atoms with van der Waals surface area (Å²) in [6.45, 7) is 0.170. The number of hydrogen-bond donors (Lipinski definition) is 0. The van der Waals surface area contributed by atoms with E-state index < -0.39 is 27.4 Å². The van der Waals surface area contributed by atoms with Crippen LogP contribution in [0.5, 0.6) is 5.75 Å². The van der Waals surface area contributed by atoms with Crippen molar-refractivity contribution in [1.29, 1.82) is 0 Å². The number of sulfone groups is 1. The van der Waals surface area contributed by atoms with Gasteiger partial charge in [-0.2, -0.15) is 0 Å². The van der Waals surface area contributed by atoms with Gasteiger partial charge < -0.3 is 9.64 Å². The second kappa shape index (κ2) is 13.3. The first-order valence-electron chi connectivity index (χ1n) is 14.1. The monoisotopic (exact) mass is 680 g/mol. The topological polar surface area (TPSA) is 66.9 Å². The van der Waals surface area contributed by atoms with Crippen LogP contribution in [0, 0.1) is 11.6 Å². The summed E-state index contributed by atoms with van der Waals surface area (Å²) in [5.74, 6) is -1.20. The Labute approximate surface area is 270 Å². The molecule has 0 aliphatic heterocycles. The molecule has 3 aromatic carbocycles. The molecule has 234 valence electrons. The van der Waals surface area contributed by atoms with Crippen LogP contribution in [0.3, 0.4) is 0 Å². The van der Waals surface area contributed by atoms with E-state index in [0.29, 0.717) is 24.2 Å². The van der Waals surface area contributed by atoms with E-state index in [4.69, 9.17) is 28.1 Å². The second-order valence-electron chi connectivity index (χ2n) is 11.2. The number of benzene rings is 3. The molecular weight excluding hydrogens is 649 g/mol. The smallest absolute Gasteiger partial charge is 0.266 e. The number of hydrogen-bond acceptors (Lipinski definition) is 6. The SMILES string of the molecule is COc1ccc(-c2ccc(CS(C)(=O)=O)cc2)cc1CN(C(=O)c1sc2c(F)ccc(F)c2c1Cl)C1CCC(N(C)Cl)CC1. The third-order valence-electron chi connectivity index (χ3n) is 8.08. The minimum Gasteiger partial charge on any atom is -0.496 e. The molecule has 44 heavy (non-hydrogen) atoms. The van der Waals surface area contributed by atoms with Crippen molar-refractivity contribution in [3.05, 3.63) is 87.3 Å². The first-order chi connectivity index (χ1) is 20.9. The first-order valence-corrected chi connectivity index (χ1v) is 17.6. The highest BCUT2D eigenvalue weighted by Crippen LogP contribution is 2.41. The van der Waals surface area contributed by atoms with Crippen molar-refractivity contribution in [3.63, 3.8) is 0 Å². The standard InChI is InChI=1S/C32H32Cl2F2N2O4S2/c1-37(34)23-9-11-24(12-10-23)38(32(39)31-29(33)28-25(35)13-14-26(36)30(28)43-31)17-22-16-21(8-15-27(22)42-2)20-6-4-19(5-7-20)18-44(3,40)41/h4-8,13-16,23-24H,9-12,17-18H2,1-3H3. The van der Waals surface area contributed by atoms with E-state index in [9.17, 15) is 22.0 Å². The van der Waals surface area contributed by atoms with Crippen LogP contribution in [-0.4, -0.2) is 56.1 Å². The van der Waals surface area contributed by atoms with E-state index in [1.807, 2.05) is 37.4 Å². The first kappa shape index (κ1) is 32.6. The van der Waals surface area contributed by atoms with E-state index >= 15 is 0 Å². The Morgan fingerprint density at radius 1 is 0.977 bits per heavy atom. The van der Waals surface area contributed by atoms with Crippen molar-refractivity contribution in [2.24, 2.45) is 0 Å². The van der Waals surface area contributed by atoms with Gasteiger partial charge >= 0.3 is 0 Å².